The van der Waals surface area contributed by atoms with E-state index in [1.165, 1.54) is 12.8 Å². The molecule has 0 atom stereocenters. The van der Waals surface area contributed by atoms with Gasteiger partial charge in [-0.2, -0.15) is 10.2 Å². The van der Waals surface area contributed by atoms with Crippen molar-refractivity contribution >= 4 is 17.5 Å². The molecular weight excluding hydrogens is 274 g/mol. The Balaban J connectivity index is 2.03. The van der Waals surface area contributed by atoms with Gasteiger partial charge in [0.15, 0.2) is 0 Å². The Kier molecular flexibility index (Phi) is 5.73. The van der Waals surface area contributed by atoms with Gasteiger partial charge in [0.2, 0.25) is 5.95 Å². The molecule has 114 valence electrons. The van der Waals surface area contributed by atoms with E-state index in [0.717, 1.165) is 30.2 Å². The number of aryl methyl sites for hydroxylation is 1. The van der Waals surface area contributed by atoms with Gasteiger partial charge in [-0.15, -0.1) is 0 Å². The van der Waals surface area contributed by atoms with Crippen molar-refractivity contribution in [2.24, 2.45) is 0 Å². The molecule has 0 fully saturated rings. The molecule has 2 rings (SSSR count). The Bertz CT molecular complexity index is 643. The Morgan fingerprint density at radius 1 is 1.14 bits per heavy atom. The first-order valence-electron chi connectivity index (χ1n) is 7.58. The molecule has 0 aliphatic carbocycles. The van der Waals surface area contributed by atoms with Crippen LogP contribution in [0.15, 0.2) is 30.3 Å². The number of anilines is 3. The molecule has 0 saturated carbocycles. The number of hydrogen-bond donors (Lipinski definition) is 2. The van der Waals surface area contributed by atoms with Crippen molar-refractivity contribution in [3.63, 3.8) is 0 Å². The molecule has 22 heavy (non-hydrogen) atoms. The summed E-state index contributed by atoms with van der Waals surface area (Å²) >= 11 is 0. The molecule has 0 saturated heterocycles. The van der Waals surface area contributed by atoms with Crippen LogP contribution in [0, 0.1) is 18.3 Å². The smallest absolute Gasteiger partial charge is 0.224 e. The van der Waals surface area contributed by atoms with Gasteiger partial charge in [-0.25, -0.2) is 4.98 Å². The maximum absolute atomic E-state index is 8.81. The zero-order chi connectivity index (χ0) is 15.8. The Hall–Kier alpha value is -2.61. The van der Waals surface area contributed by atoms with Crippen LogP contribution in [0.5, 0.6) is 0 Å². The van der Waals surface area contributed by atoms with Crippen molar-refractivity contribution < 1.29 is 0 Å². The lowest BCUT2D eigenvalue weighted by Crippen LogP contribution is -2.07. The summed E-state index contributed by atoms with van der Waals surface area (Å²) in [5.41, 5.74) is 2.45. The molecule has 0 aliphatic heterocycles. The van der Waals surface area contributed by atoms with Crippen LogP contribution in [-0.2, 0) is 0 Å². The standard InChI is InChI=1S/C17H21N5/c1-3-4-5-10-19-17-20-13(2)11-16(22-17)21-15-8-6-14(12-18)7-9-15/h6-9,11H,3-5,10H2,1-2H3,(H2,19,20,21,22). The average Bonchev–Trinajstić information content (AvgIpc) is 2.52. The molecule has 1 heterocycles. The molecule has 0 radical (unpaired) electrons. The summed E-state index contributed by atoms with van der Waals surface area (Å²) in [6.45, 7) is 5.01. The summed E-state index contributed by atoms with van der Waals surface area (Å²) in [5.74, 6) is 1.39. The monoisotopic (exact) mass is 295 g/mol. The Labute approximate surface area is 131 Å². The van der Waals surface area contributed by atoms with Gasteiger partial charge in [-0.1, -0.05) is 19.8 Å². The minimum absolute atomic E-state index is 0.641. The summed E-state index contributed by atoms with van der Waals surface area (Å²) in [4.78, 5) is 8.87. The second-order valence-corrected chi connectivity index (χ2v) is 5.17. The number of nitrogens with one attached hydrogen (secondary N) is 2. The predicted octanol–water partition coefficient (Wildman–Crippen LogP) is 4.00. The van der Waals surface area contributed by atoms with Crippen molar-refractivity contribution in [1.29, 1.82) is 5.26 Å². The highest BCUT2D eigenvalue weighted by Crippen LogP contribution is 2.17. The van der Waals surface area contributed by atoms with Crippen molar-refractivity contribution in [3.8, 4) is 6.07 Å². The lowest BCUT2D eigenvalue weighted by molar-refractivity contribution is 0.740. The zero-order valence-electron chi connectivity index (χ0n) is 13.1. The van der Waals surface area contributed by atoms with Crippen molar-refractivity contribution in [2.75, 3.05) is 17.2 Å². The lowest BCUT2D eigenvalue weighted by Gasteiger charge is -2.10. The van der Waals surface area contributed by atoms with Gasteiger partial charge in [-0.05, 0) is 37.6 Å². The van der Waals surface area contributed by atoms with Crippen LogP contribution in [0.4, 0.5) is 17.5 Å². The van der Waals surface area contributed by atoms with E-state index >= 15 is 0 Å². The van der Waals surface area contributed by atoms with Gasteiger partial charge in [0.1, 0.15) is 5.82 Å². The van der Waals surface area contributed by atoms with Crippen LogP contribution in [0.1, 0.15) is 37.4 Å². The van der Waals surface area contributed by atoms with E-state index in [4.69, 9.17) is 5.26 Å². The Morgan fingerprint density at radius 3 is 2.59 bits per heavy atom. The van der Waals surface area contributed by atoms with Gasteiger partial charge in [-0.3, -0.25) is 0 Å². The van der Waals surface area contributed by atoms with Crippen molar-refractivity contribution in [2.45, 2.75) is 33.1 Å². The third-order valence-electron chi connectivity index (χ3n) is 3.20. The first-order valence-corrected chi connectivity index (χ1v) is 7.58. The van der Waals surface area contributed by atoms with Crippen LogP contribution >= 0.6 is 0 Å². The number of nitrogens with zero attached hydrogens (tertiary/aromatic N) is 3. The zero-order valence-corrected chi connectivity index (χ0v) is 13.1. The van der Waals surface area contributed by atoms with E-state index in [0.29, 0.717) is 11.5 Å². The number of hydrogen-bond acceptors (Lipinski definition) is 5. The number of aromatic nitrogens is 2. The summed E-state index contributed by atoms with van der Waals surface area (Å²) in [6, 6.07) is 11.3. The minimum atomic E-state index is 0.641. The lowest BCUT2D eigenvalue weighted by atomic mass is 10.2. The van der Waals surface area contributed by atoms with Crippen LogP contribution < -0.4 is 10.6 Å². The second kappa shape index (κ2) is 7.99. The van der Waals surface area contributed by atoms with E-state index in [1.54, 1.807) is 12.1 Å². The highest BCUT2D eigenvalue weighted by atomic mass is 15.1. The molecule has 0 bridgehead atoms. The van der Waals surface area contributed by atoms with Gasteiger partial charge >= 0.3 is 0 Å². The molecule has 0 amide bonds. The van der Waals surface area contributed by atoms with Gasteiger partial charge in [0, 0.05) is 24.0 Å². The average molecular weight is 295 g/mol. The first-order chi connectivity index (χ1) is 10.7. The van der Waals surface area contributed by atoms with Gasteiger partial charge in [0.25, 0.3) is 0 Å². The van der Waals surface area contributed by atoms with E-state index in [-0.39, 0.29) is 0 Å². The van der Waals surface area contributed by atoms with E-state index in [1.807, 2.05) is 25.1 Å². The fourth-order valence-corrected chi connectivity index (χ4v) is 2.06. The molecule has 1 aromatic carbocycles. The largest absolute Gasteiger partial charge is 0.354 e. The summed E-state index contributed by atoms with van der Waals surface area (Å²) in [6.07, 6.45) is 3.52. The van der Waals surface area contributed by atoms with Crippen LogP contribution in [0.25, 0.3) is 0 Å². The van der Waals surface area contributed by atoms with Crippen LogP contribution in [-0.4, -0.2) is 16.5 Å². The molecule has 5 heteroatoms. The quantitative estimate of drug-likeness (QED) is 0.755. The summed E-state index contributed by atoms with van der Waals surface area (Å²) in [5, 5.41) is 15.3. The maximum Gasteiger partial charge on any atom is 0.224 e. The fraction of sp³-hybridized carbons (Fsp3) is 0.353. The number of rotatable bonds is 7. The molecular formula is C17H21N5. The summed E-state index contributed by atoms with van der Waals surface area (Å²) in [7, 11) is 0. The molecule has 1 aromatic heterocycles. The highest BCUT2D eigenvalue weighted by Gasteiger charge is 2.03. The van der Waals surface area contributed by atoms with Crippen LogP contribution in [0.3, 0.4) is 0 Å². The van der Waals surface area contributed by atoms with E-state index in [2.05, 4.69) is 33.6 Å². The number of nitriles is 1. The normalized spacial score (nSPS) is 10.0. The second-order valence-electron chi connectivity index (χ2n) is 5.17. The minimum Gasteiger partial charge on any atom is -0.354 e. The Morgan fingerprint density at radius 2 is 1.91 bits per heavy atom. The van der Waals surface area contributed by atoms with Crippen LogP contribution in [0.2, 0.25) is 0 Å². The number of benzene rings is 1. The van der Waals surface area contributed by atoms with Gasteiger partial charge < -0.3 is 10.6 Å². The molecule has 0 unspecified atom stereocenters. The molecule has 0 aliphatic rings. The molecule has 5 nitrogen and oxygen atoms in total. The van der Waals surface area contributed by atoms with E-state index < -0.39 is 0 Å². The van der Waals surface area contributed by atoms with E-state index in [9.17, 15) is 0 Å². The molecule has 2 aromatic rings. The molecule has 0 spiro atoms. The van der Waals surface area contributed by atoms with Gasteiger partial charge in [0.05, 0.1) is 11.6 Å². The predicted molar refractivity (Wildman–Crippen MR) is 89.2 cm³/mol. The fourth-order valence-electron chi connectivity index (χ4n) is 2.06. The van der Waals surface area contributed by atoms with Crippen molar-refractivity contribution in [3.05, 3.63) is 41.6 Å². The summed E-state index contributed by atoms with van der Waals surface area (Å²) < 4.78 is 0. The first kappa shape index (κ1) is 15.8. The third-order valence-corrected chi connectivity index (χ3v) is 3.20. The highest BCUT2D eigenvalue weighted by molar-refractivity contribution is 5.58. The van der Waals surface area contributed by atoms with Crippen molar-refractivity contribution in [1.82, 2.24) is 9.97 Å². The third kappa shape index (κ3) is 4.74. The number of unbranched alkanes of at least 4 members (excludes halogenated alkanes) is 2. The topological polar surface area (TPSA) is 73.6 Å². The SMILES string of the molecule is CCCCCNc1nc(C)cc(Nc2ccc(C#N)cc2)n1. The molecule has 2 N–H and O–H groups in total. The maximum atomic E-state index is 8.81.